The molecule has 6 heteroatoms. The van der Waals surface area contributed by atoms with E-state index in [1.165, 1.54) is 17.3 Å². The lowest BCUT2D eigenvalue weighted by atomic mass is 10.0. The van der Waals surface area contributed by atoms with Crippen LogP contribution in [0.15, 0.2) is 47.9 Å². The zero-order chi connectivity index (χ0) is 17.8. The quantitative estimate of drug-likeness (QED) is 0.496. The highest BCUT2D eigenvalue weighted by molar-refractivity contribution is 7.99. The fourth-order valence-electron chi connectivity index (χ4n) is 2.52. The van der Waals surface area contributed by atoms with E-state index in [1.54, 1.807) is 12.4 Å². The Morgan fingerprint density at radius 1 is 1.08 bits per heavy atom. The van der Waals surface area contributed by atoms with Crippen molar-refractivity contribution < 1.29 is 4.79 Å². The Balaban J connectivity index is 1.76. The third kappa shape index (κ3) is 3.79. The molecule has 0 radical (unpaired) electrons. The molecule has 0 spiro atoms. The fraction of sp³-hybridized carbons (Fsp3) is 0.263. The van der Waals surface area contributed by atoms with Crippen molar-refractivity contribution in [1.29, 1.82) is 0 Å². The lowest BCUT2D eigenvalue weighted by Crippen LogP contribution is -2.05. The molecule has 5 nitrogen and oxygen atoms in total. The largest absolute Gasteiger partial charge is 0.302 e. The standard InChI is InChI=1S/C19H20N4OS/c1-4-23-18(15-7-9-20-10-8-15)21-22-19(23)25-12-17(24)16-6-5-13(2)14(3)11-16/h5-11H,4,12H2,1-3H3. The third-order valence-corrected chi connectivity index (χ3v) is 5.10. The van der Waals surface area contributed by atoms with Crippen molar-refractivity contribution in [1.82, 2.24) is 19.7 Å². The molecular weight excluding hydrogens is 332 g/mol. The molecule has 0 saturated carbocycles. The van der Waals surface area contributed by atoms with Gasteiger partial charge in [0.05, 0.1) is 5.75 Å². The Bertz CT molecular complexity index is 890. The normalized spacial score (nSPS) is 10.8. The molecule has 3 rings (SSSR count). The molecule has 128 valence electrons. The Labute approximate surface area is 151 Å². The monoisotopic (exact) mass is 352 g/mol. The summed E-state index contributed by atoms with van der Waals surface area (Å²) in [5.74, 6) is 1.24. The number of Topliss-reactive ketones (excluding diaryl/α,β-unsaturated/α-hetero) is 1. The molecule has 0 aliphatic rings. The van der Waals surface area contributed by atoms with Crippen LogP contribution >= 0.6 is 11.8 Å². The molecule has 2 heterocycles. The van der Waals surface area contributed by atoms with Crippen LogP contribution in [-0.2, 0) is 6.54 Å². The Kier molecular flexibility index (Phi) is 5.28. The molecular formula is C19H20N4OS. The van der Waals surface area contributed by atoms with Crippen LogP contribution in [0.4, 0.5) is 0 Å². The van der Waals surface area contributed by atoms with E-state index in [0.29, 0.717) is 5.75 Å². The highest BCUT2D eigenvalue weighted by atomic mass is 32.2. The van der Waals surface area contributed by atoms with Gasteiger partial charge in [-0.2, -0.15) is 0 Å². The smallest absolute Gasteiger partial charge is 0.191 e. The first kappa shape index (κ1) is 17.4. The van der Waals surface area contributed by atoms with Crippen molar-refractivity contribution in [2.45, 2.75) is 32.5 Å². The molecule has 0 atom stereocenters. The zero-order valence-electron chi connectivity index (χ0n) is 14.6. The van der Waals surface area contributed by atoms with E-state index in [1.807, 2.05) is 55.7 Å². The second kappa shape index (κ2) is 7.61. The summed E-state index contributed by atoms with van der Waals surface area (Å²) < 4.78 is 2.02. The fourth-order valence-corrected chi connectivity index (χ4v) is 3.42. The first-order valence-corrected chi connectivity index (χ1v) is 9.15. The van der Waals surface area contributed by atoms with Crippen molar-refractivity contribution in [3.8, 4) is 11.4 Å². The van der Waals surface area contributed by atoms with Crippen LogP contribution in [0.3, 0.4) is 0 Å². The van der Waals surface area contributed by atoms with Gasteiger partial charge in [0.2, 0.25) is 0 Å². The number of hydrogen-bond donors (Lipinski definition) is 0. The van der Waals surface area contributed by atoms with E-state index >= 15 is 0 Å². The van der Waals surface area contributed by atoms with Crippen molar-refractivity contribution in [3.63, 3.8) is 0 Å². The average Bonchev–Trinajstić information content (AvgIpc) is 3.05. The van der Waals surface area contributed by atoms with Crippen LogP contribution in [-0.4, -0.2) is 31.3 Å². The molecule has 25 heavy (non-hydrogen) atoms. The molecule has 0 fully saturated rings. The molecule has 3 aromatic rings. The minimum atomic E-state index is 0.101. The number of carbonyl (C=O) groups is 1. The predicted octanol–water partition coefficient (Wildman–Crippen LogP) is 3.95. The number of carbonyl (C=O) groups excluding carboxylic acids is 1. The van der Waals surface area contributed by atoms with Crippen LogP contribution in [0.1, 0.15) is 28.4 Å². The van der Waals surface area contributed by atoms with Gasteiger partial charge in [-0.3, -0.25) is 9.78 Å². The molecule has 0 bridgehead atoms. The zero-order valence-corrected chi connectivity index (χ0v) is 15.4. The summed E-state index contributed by atoms with van der Waals surface area (Å²) in [6.45, 7) is 6.85. The van der Waals surface area contributed by atoms with Crippen LogP contribution in [0.5, 0.6) is 0 Å². The van der Waals surface area contributed by atoms with Gasteiger partial charge in [0.25, 0.3) is 0 Å². The molecule has 0 N–H and O–H groups in total. The number of ketones is 1. The van der Waals surface area contributed by atoms with E-state index in [4.69, 9.17) is 0 Å². The first-order valence-electron chi connectivity index (χ1n) is 8.17. The molecule has 0 saturated heterocycles. The van der Waals surface area contributed by atoms with Crippen molar-refractivity contribution in [3.05, 3.63) is 59.4 Å². The number of aromatic nitrogens is 4. The Hall–Kier alpha value is -2.47. The van der Waals surface area contributed by atoms with Gasteiger partial charge in [0.15, 0.2) is 16.8 Å². The predicted molar refractivity (Wildman–Crippen MR) is 99.9 cm³/mol. The Morgan fingerprint density at radius 3 is 2.52 bits per heavy atom. The maximum absolute atomic E-state index is 12.5. The number of thioether (sulfide) groups is 1. The third-order valence-electron chi connectivity index (χ3n) is 4.13. The maximum atomic E-state index is 12.5. The first-order chi connectivity index (χ1) is 12.1. The molecule has 0 aliphatic heterocycles. The van der Waals surface area contributed by atoms with Gasteiger partial charge in [-0.15, -0.1) is 10.2 Å². The summed E-state index contributed by atoms with van der Waals surface area (Å²) >= 11 is 1.42. The summed E-state index contributed by atoms with van der Waals surface area (Å²) in [4.78, 5) is 16.5. The molecule has 1 aromatic carbocycles. The number of aryl methyl sites for hydroxylation is 2. The topological polar surface area (TPSA) is 60.7 Å². The van der Waals surface area contributed by atoms with Gasteiger partial charge in [-0.05, 0) is 50.1 Å². The van der Waals surface area contributed by atoms with E-state index < -0.39 is 0 Å². The summed E-state index contributed by atoms with van der Waals surface area (Å²) in [5.41, 5.74) is 4.04. The highest BCUT2D eigenvalue weighted by Crippen LogP contribution is 2.24. The van der Waals surface area contributed by atoms with Crippen molar-refractivity contribution >= 4 is 17.5 Å². The second-order valence-electron chi connectivity index (χ2n) is 5.80. The van der Waals surface area contributed by atoms with Gasteiger partial charge in [-0.25, -0.2) is 0 Å². The van der Waals surface area contributed by atoms with Gasteiger partial charge in [0.1, 0.15) is 0 Å². The summed E-state index contributed by atoms with van der Waals surface area (Å²) in [6, 6.07) is 9.64. The lowest BCUT2D eigenvalue weighted by Gasteiger charge is -2.07. The minimum Gasteiger partial charge on any atom is -0.302 e. The molecule has 0 unspecified atom stereocenters. The van der Waals surface area contributed by atoms with Gasteiger partial charge in [-0.1, -0.05) is 23.9 Å². The van der Waals surface area contributed by atoms with E-state index in [-0.39, 0.29) is 5.78 Å². The Morgan fingerprint density at radius 2 is 1.84 bits per heavy atom. The number of pyridine rings is 1. The number of rotatable bonds is 6. The molecule has 2 aromatic heterocycles. The minimum absolute atomic E-state index is 0.101. The van der Waals surface area contributed by atoms with Crippen LogP contribution in [0.2, 0.25) is 0 Å². The highest BCUT2D eigenvalue weighted by Gasteiger charge is 2.15. The van der Waals surface area contributed by atoms with Crippen molar-refractivity contribution in [2.75, 3.05) is 5.75 Å². The number of benzene rings is 1. The lowest BCUT2D eigenvalue weighted by molar-refractivity contribution is 0.102. The molecule has 0 aliphatic carbocycles. The SMILES string of the molecule is CCn1c(SCC(=O)c2ccc(C)c(C)c2)nnc1-c1ccncc1. The number of hydrogen-bond acceptors (Lipinski definition) is 5. The van der Waals surface area contributed by atoms with Crippen LogP contribution in [0, 0.1) is 13.8 Å². The average molecular weight is 352 g/mol. The van der Waals surface area contributed by atoms with E-state index in [9.17, 15) is 4.79 Å². The summed E-state index contributed by atoms with van der Waals surface area (Å²) in [7, 11) is 0. The second-order valence-corrected chi connectivity index (χ2v) is 6.74. The summed E-state index contributed by atoms with van der Waals surface area (Å²) in [6.07, 6.45) is 3.47. The summed E-state index contributed by atoms with van der Waals surface area (Å²) in [5, 5.41) is 9.31. The van der Waals surface area contributed by atoms with E-state index in [2.05, 4.69) is 15.2 Å². The van der Waals surface area contributed by atoms with E-state index in [0.717, 1.165) is 34.2 Å². The van der Waals surface area contributed by atoms with Crippen LogP contribution in [0.25, 0.3) is 11.4 Å². The molecule has 0 amide bonds. The maximum Gasteiger partial charge on any atom is 0.191 e. The van der Waals surface area contributed by atoms with Gasteiger partial charge < -0.3 is 4.57 Å². The van der Waals surface area contributed by atoms with Gasteiger partial charge in [0, 0.05) is 30.1 Å². The van der Waals surface area contributed by atoms with Gasteiger partial charge >= 0.3 is 0 Å². The number of nitrogens with zero attached hydrogens (tertiary/aromatic N) is 4. The van der Waals surface area contributed by atoms with Crippen molar-refractivity contribution in [2.24, 2.45) is 0 Å². The van der Waals surface area contributed by atoms with Crippen LogP contribution < -0.4 is 0 Å².